The second-order valence-corrected chi connectivity index (χ2v) is 5.82. The lowest BCUT2D eigenvalue weighted by Crippen LogP contribution is -2.38. The summed E-state index contributed by atoms with van der Waals surface area (Å²) < 4.78 is 8.19. The topological polar surface area (TPSA) is 30.3 Å². The summed E-state index contributed by atoms with van der Waals surface area (Å²) in [6.07, 6.45) is 4.54. The number of pyridine rings is 1. The van der Waals surface area contributed by atoms with Crippen LogP contribution in [0.4, 0.5) is 0 Å². The van der Waals surface area contributed by atoms with E-state index in [1.807, 2.05) is 25.1 Å². The van der Waals surface area contributed by atoms with Gasteiger partial charge in [0.2, 0.25) is 5.88 Å². The number of piperidine rings is 1. The molecule has 112 valence electrons. The van der Waals surface area contributed by atoms with E-state index < -0.39 is 0 Å². The molecule has 0 amide bonds. The number of aryl methyl sites for hydroxylation is 2. The molecule has 0 aliphatic carbocycles. The molecule has 0 unspecified atom stereocenters. The first kappa shape index (κ1) is 14.1. The molecule has 2 aromatic rings. The molecule has 0 spiro atoms. The summed E-state index contributed by atoms with van der Waals surface area (Å²) in [6, 6.07) is 10.2. The van der Waals surface area contributed by atoms with Gasteiger partial charge in [0, 0.05) is 50.3 Å². The van der Waals surface area contributed by atoms with Crippen LogP contribution in [0.1, 0.15) is 24.2 Å². The normalized spacial score (nSPS) is 17.0. The Morgan fingerprint density at radius 2 is 2.00 bits per heavy atom. The van der Waals surface area contributed by atoms with Gasteiger partial charge >= 0.3 is 0 Å². The van der Waals surface area contributed by atoms with Crippen molar-refractivity contribution in [1.29, 1.82) is 0 Å². The standard InChI is InChI=1S/C17H23N3O/c1-14-5-3-7-17(18-14)21-16-8-11-20(12-9-16)13-15-6-4-10-19(15)2/h3-7,10,16H,8-9,11-13H2,1-2H3. The molecule has 0 N–H and O–H groups in total. The fraction of sp³-hybridized carbons (Fsp3) is 0.471. The predicted molar refractivity (Wildman–Crippen MR) is 83.3 cm³/mol. The average molecular weight is 285 g/mol. The molecule has 0 saturated carbocycles. The molecule has 21 heavy (non-hydrogen) atoms. The summed E-state index contributed by atoms with van der Waals surface area (Å²) in [5, 5.41) is 0. The van der Waals surface area contributed by atoms with Gasteiger partial charge in [-0.2, -0.15) is 0 Å². The van der Waals surface area contributed by atoms with Gasteiger partial charge in [-0.05, 0) is 38.0 Å². The Labute approximate surface area is 126 Å². The molecule has 3 heterocycles. The molecule has 0 bridgehead atoms. The third-order valence-corrected chi connectivity index (χ3v) is 4.12. The van der Waals surface area contributed by atoms with Crippen molar-refractivity contribution in [1.82, 2.24) is 14.5 Å². The monoisotopic (exact) mass is 285 g/mol. The van der Waals surface area contributed by atoms with E-state index in [4.69, 9.17) is 4.74 Å². The molecule has 0 aromatic carbocycles. The number of likely N-dealkylation sites (tertiary alicyclic amines) is 1. The first-order chi connectivity index (χ1) is 10.2. The van der Waals surface area contributed by atoms with E-state index in [0.717, 1.165) is 44.0 Å². The summed E-state index contributed by atoms with van der Waals surface area (Å²) in [6.45, 7) is 5.19. The summed E-state index contributed by atoms with van der Waals surface area (Å²) in [7, 11) is 2.11. The first-order valence-corrected chi connectivity index (χ1v) is 7.63. The van der Waals surface area contributed by atoms with Gasteiger partial charge in [0.05, 0.1) is 0 Å². The van der Waals surface area contributed by atoms with Crippen LogP contribution in [0, 0.1) is 6.92 Å². The van der Waals surface area contributed by atoms with Crippen molar-refractivity contribution in [2.45, 2.75) is 32.4 Å². The number of rotatable bonds is 4. The molecule has 2 aromatic heterocycles. The molecule has 1 fully saturated rings. The number of hydrogen-bond donors (Lipinski definition) is 0. The fourth-order valence-electron chi connectivity index (χ4n) is 2.83. The van der Waals surface area contributed by atoms with Crippen molar-refractivity contribution < 1.29 is 4.74 Å². The Morgan fingerprint density at radius 1 is 1.19 bits per heavy atom. The Bertz CT molecular complexity index is 585. The van der Waals surface area contributed by atoms with E-state index in [9.17, 15) is 0 Å². The highest BCUT2D eigenvalue weighted by Gasteiger charge is 2.21. The zero-order valence-corrected chi connectivity index (χ0v) is 12.8. The molecule has 0 radical (unpaired) electrons. The van der Waals surface area contributed by atoms with Crippen LogP contribution in [0.15, 0.2) is 36.5 Å². The van der Waals surface area contributed by atoms with Crippen LogP contribution < -0.4 is 4.74 Å². The van der Waals surface area contributed by atoms with Crippen LogP contribution in [0.5, 0.6) is 5.88 Å². The Balaban J connectivity index is 1.50. The van der Waals surface area contributed by atoms with E-state index in [1.54, 1.807) is 0 Å². The highest BCUT2D eigenvalue weighted by Crippen LogP contribution is 2.19. The van der Waals surface area contributed by atoms with E-state index in [-0.39, 0.29) is 0 Å². The van der Waals surface area contributed by atoms with Crippen molar-refractivity contribution in [3.05, 3.63) is 47.9 Å². The zero-order chi connectivity index (χ0) is 14.7. The van der Waals surface area contributed by atoms with Crippen LogP contribution in [0.25, 0.3) is 0 Å². The maximum atomic E-state index is 6.00. The third kappa shape index (κ3) is 3.64. The van der Waals surface area contributed by atoms with Crippen LogP contribution in [-0.2, 0) is 13.6 Å². The lowest BCUT2D eigenvalue weighted by molar-refractivity contribution is 0.0920. The van der Waals surface area contributed by atoms with Gasteiger partial charge < -0.3 is 9.30 Å². The van der Waals surface area contributed by atoms with Crippen molar-refractivity contribution in [2.75, 3.05) is 13.1 Å². The second-order valence-electron chi connectivity index (χ2n) is 5.82. The van der Waals surface area contributed by atoms with E-state index in [0.29, 0.717) is 6.10 Å². The lowest BCUT2D eigenvalue weighted by Gasteiger charge is -2.31. The highest BCUT2D eigenvalue weighted by molar-refractivity contribution is 5.15. The van der Waals surface area contributed by atoms with Gasteiger partial charge in [-0.3, -0.25) is 4.90 Å². The van der Waals surface area contributed by atoms with E-state index in [1.165, 1.54) is 5.69 Å². The maximum Gasteiger partial charge on any atom is 0.213 e. The molecule has 3 rings (SSSR count). The van der Waals surface area contributed by atoms with Gasteiger partial charge in [-0.25, -0.2) is 4.98 Å². The summed E-state index contributed by atoms with van der Waals surface area (Å²) >= 11 is 0. The van der Waals surface area contributed by atoms with Gasteiger partial charge in [0.1, 0.15) is 6.10 Å². The van der Waals surface area contributed by atoms with Crippen LogP contribution in [0.3, 0.4) is 0 Å². The number of nitrogens with zero attached hydrogens (tertiary/aromatic N) is 3. The van der Waals surface area contributed by atoms with E-state index >= 15 is 0 Å². The summed E-state index contributed by atoms with van der Waals surface area (Å²) in [4.78, 5) is 6.92. The number of hydrogen-bond acceptors (Lipinski definition) is 3. The van der Waals surface area contributed by atoms with Crippen LogP contribution in [-0.4, -0.2) is 33.6 Å². The summed E-state index contributed by atoms with van der Waals surface area (Å²) in [5.74, 6) is 0.760. The molecule has 4 nitrogen and oxygen atoms in total. The first-order valence-electron chi connectivity index (χ1n) is 7.63. The quantitative estimate of drug-likeness (QED) is 0.865. The van der Waals surface area contributed by atoms with Gasteiger partial charge in [-0.15, -0.1) is 0 Å². The third-order valence-electron chi connectivity index (χ3n) is 4.12. The minimum atomic E-state index is 0.295. The lowest BCUT2D eigenvalue weighted by atomic mass is 10.1. The van der Waals surface area contributed by atoms with Gasteiger partial charge in [0.15, 0.2) is 0 Å². The molecule has 1 aliphatic heterocycles. The van der Waals surface area contributed by atoms with Crippen molar-refractivity contribution in [3.8, 4) is 5.88 Å². The molecule has 0 atom stereocenters. The van der Waals surface area contributed by atoms with E-state index in [2.05, 4.69) is 39.8 Å². The van der Waals surface area contributed by atoms with Crippen molar-refractivity contribution in [3.63, 3.8) is 0 Å². The van der Waals surface area contributed by atoms with Gasteiger partial charge in [-0.1, -0.05) is 6.07 Å². The minimum Gasteiger partial charge on any atom is -0.474 e. The van der Waals surface area contributed by atoms with Crippen LogP contribution >= 0.6 is 0 Å². The smallest absolute Gasteiger partial charge is 0.213 e. The van der Waals surface area contributed by atoms with Crippen molar-refractivity contribution in [2.24, 2.45) is 7.05 Å². The number of aromatic nitrogens is 2. The largest absolute Gasteiger partial charge is 0.474 e. The SMILES string of the molecule is Cc1cccc(OC2CCN(Cc3cccn3C)CC2)n1. The molecular formula is C17H23N3O. The highest BCUT2D eigenvalue weighted by atomic mass is 16.5. The Hall–Kier alpha value is -1.81. The van der Waals surface area contributed by atoms with Crippen molar-refractivity contribution >= 4 is 0 Å². The molecule has 1 aliphatic rings. The minimum absolute atomic E-state index is 0.295. The molecule has 1 saturated heterocycles. The molecule has 4 heteroatoms. The zero-order valence-electron chi connectivity index (χ0n) is 12.8. The number of ether oxygens (including phenoxy) is 1. The Kier molecular flexibility index (Phi) is 4.25. The average Bonchev–Trinajstić information content (AvgIpc) is 2.87. The maximum absolute atomic E-state index is 6.00. The van der Waals surface area contributed by atoms with Crippen LogP contribution in [0.2, 0.25) is 0 Å². The fourth-order valence-corrected chi connectivity index (χ4v) is 2.83. The second kappa shape index (κ2) is 6.31. The Morgan fingerprint density at radius 3 is 2.67 bits per heavy atom. The summed E-state index contributed by atoms with van der Waals surface area (Å²) in [5.41, 5.74) is 2.38. The van der Waals surface area contributed by atoms with Gasteiger partial charge in [0.25, 0.3) is 0 Å². The molecular weight excluding hydrogens is 262 g/mol. The predicted octanol–water partition coefficient (Wildman–Crippen LogP) is 2.77.